The Balaban J connectivity index is 0.00000196. The first-order valence-corrected chi connectivity index (χ1v) is 5.34. The molecule has 1 atom stereocenters. The molecule has 1 aromatic carbocycles. The Hall–Kier alpha value is 0.210. The molecule has 0 heterocycles. The largest absolute Gasteiger partial charge is 1.00 e. The number of hydrogen-bond acceptors (Lipinski definition) is 4. The number of hydrogen-bond donors (Lipinski definition) is 0. The Morgan fingerprint density at radius 3 is 2.40 bits per heavy atom. The number of nitro benzene ring substituents is 1. The summed E-state index contributed by atoms with van der Waals surface area (Å²) in [6.07, 6.45) is 0. The molecule has 0 aliphatic heterocycles. The van der Waals surface area contributed by atoms with Gasteiger partial charge in [0.05, 0.1) is 9.40 Å². The van der Waals surface area contributed by atoms with E-state index in [1.807, 2.05) is 0 Å². The van der Waals surface area contributed by atoms with Gasteiger partial charge in [-0.05, 0) is 45.6 Å². The van der Waals surface area contributed by atoms with E-state index in [1.165, 1.54) is 6.07 Å². The van der Waals surface area contributed by atoms with Crippen molar-refractivity contribution in [1.29, 1.82) is 0 Å². The van der Waals surface area contributed by atoms with Gasteiger partial charge in [-0.15, -0.1) is 0 Å². The average Bonchev–Trinajstić information content (AvgIpc) is 2.02. The van der Waals surface area contributed by atoms with Crippen LogP contribution in [0.4, 0.5) is 5.69 Å². The molecule has 0 N–H and O–H groups in total. The van der Waals surface area contributed by atoms with Gasteiger partial charge < -0.3 is 4.55 Å². The zero-order valence-electron chi connectivity index (χ0n) is 8.02. The van der Waals surface area contributed by atoms with Crippen LogP contribution >= 0.6 is 15.9 Å². The molecular formula is C7H5BrNNaO4S. The van der Waals surface area contributed by atoms with Crippen LogP contribution in [0.3, 0.4) is 0 Å². The first kappa shape index (κ1) is 15.2. The predicted molar refractivity (Wildman–Crippen MR) is 52.7 cm³/mol. The summed E-state index contributed by atoms with van der Waals surface area (Å²) in [5.41, 5.74) is 0.214. The fraction of sp³-hybridized carbons (Fsp3) is 0.143. The summed E-state index contributed by atoms with van der Waals surface area (Å²) in [6.45, 7) is 1.57. The van der Waals surface area contributed by atoms with E-state index in [0.717, 1.165) is 6.07 Å². The van der Waals surface area contributed by atoms with Crippen molar-refractivity contribution in [2.24, 2.45) is 0 Å². The van der Waals surface area contributed by atoms with Gasteiger partial charge in [-0.25, -0.2) is 0 Å². The molecule has 1 aromatic rings. The third-order valence-electron chi connectivity index (χ3n) is 1.62. The second-order valence-electron chi connectivity index (χ2n) is 2.56. The summed E-state index contributed by atoms with van der Waals surface area (Å²) in [6, 6.07) is 2.44. The number of nitrogens with zero attached hydrogens (tertiary/aromatic N) is 1. The van der Waals surface area contributed by atoms with Crippen molar-refractivity contribution in [2.75, 3.05) is 0 Å². The molecule has 0 saturated carbocycles. The summed E-state index contributed by atoms with van der Waals surface area (Å²) in [7, 11) is 0. The van der Waals surface area contributed by atoms with E-state index in [0.29, 0.717) is 5.56 Å². The molecular weight excluding hydrogens is 297 g/mol. The van der Waals surface area contributed by atoms with Gasteiger partial charge in [0.1, 0.15) is 0 Å². The molecule has 0 fully saturated rings. The van der Waals surface area contributed by atoms with E-state index in [2.05, 4.69) is 15.9 Å². The van der Waals surface area contributed by atoms with Gasteiger partial charge in [-0.3, -0.25) is 14.3 Å². The van der Waals surface area contributed by atoms with Crippen molar-refractivity contribution in [3.05, 3.63) is 32.3 Å². The van der Waals surface area contributed by atoms with Gasteiger partial charge in [0.25, 0.3) is 5.69 Å². The Bertz CT molecular complexity index is 390. The molecule has 0 saturated heterocycles. The fourth-order valence-electron chi connectivity index (χ4n) is 0.962. The normalized spacial score (nSPS) is 11.7. The van der Waals surface area contributed by atoms with Gasteiger partial charge in [0, 0.05) is 11.0 Å². The van der Waals surface area contributed by atoms with E-state index in [9.17, 15) is 18.9 Å². The van der Waals surface area contributed by atoms with Crippen LogP contribution in [0.1, 0.15) is 5.56 Å². The summed E-state index contributed by atoms with van der Waals surface area (Å²) >= 11 is 0.537. The number of benzene rings is 1. The molecule has 0 amide bonds. The molecule has 0 bridgehead atoms. The van der Waals surface area contributed by atoms with Crippen LogP contribution in [0.2, 0.25) is 0 Å². The maximum absolute atomic E-state index is 10.7. The van der Waals surface area contributed by atoms with E-state index in [1.54, 1.807) is 6.92 Å². The molecule has 0 radical (unpaired) electrons. The zero-order chi connectivity index (χ0) is 10.9. The fourth-order valence-corrected chi connectivity index (χ4v) is 2.09. The summed E-state index contributed by atoms with van der Waals surface area (Å²) in [5, 5.41) is 10.5. The molecule has 76 valence electrons. The smallest absolute Gasteiger partial charge is 0.768 e. The molecule has 0 aromatic heterocycles. The van der Waals surface area contributed by atoms with Gasteiger partial charge in [0.2, 0.25) is 0 Å². The van der Waals surface area contributed by atoms with Gasteiger partial charge >= 0.3 is 29.6 Å². The molecule has 0 spiro atoms. The van der Waals surface area contributed by atoms with E-state index >= 15 is 0 Å². The van der Waals surface area contributed by atoms with Crippen LogP contribution in [0.25, 0.3) is 0 Å². The maximum atomic E-state index is 10.7. The van der Waals surface area contributed by atoms with Crippen LogP contribution in [-0.2, 0) is 11.1 Å². The van der Waals surface area contributed by atoms with Crippen LogP contribution in [-0.4, -0.2) is 13.7 Å². The molecule has 1 rings (SSSR count). The molecule has 1 unspecified atom stereocenters. The van der Waals surface area contributed by atoms with E-state index < -0.39 is 16.0 Å². The van der Waals surface area contributed by atoms with Crippen molar-refractivity contribution in [3.8, 4) is 0 Å². The Labute approximate surface area is 119 Å². The van der Waals surface area contributed by atoms with Gasteiger partial charge in [0.15, 0.2) is 0 Å². The second-order valence-corrected chi connectivity index (χ2v) is 4.32. The molecule has 0 aliphatic rings. The van der Waals surface area contributed by atoms with Crippen molar-refractivity contribution < 1.29 is 43.2 Å². The minimum absolute atomic E-state index is 0. The number of aryl methyl sites for hydroxylation is 1. The summed E-state index contributed by atoms with van der Waals surface area (Å²) < 4.78 is 21.6. The molecule has 5 nitrogen and oxygen atoms in total. The van der Waals surface area contributed by atoms with Gasteiger partial charge in [-0.2, -0.15) is 0 Å². The standard InChI is InChI=1S/C7H6BrNO4S.Na/c1-4-2-5(8)6(9(10)11)3-7(4)14(12)13;/h2-3H,1H3,(H,12,13);/q;+1/p-1. The summed E-state index contributed by atoms with van der Waals surface area (Å²) in [5.74, 6) is 0. The first-order chi connectivity index (χ1) is 6.43. The topological polar surface area (TPSA) is 83.3 Å². The van der Waals surface area contributed by atoms with Gasteiger partial charge in [-0.1, -0.05) is 0 Å². The average molecular weight is 302 g/mol. The quantitative estimate of drug-likeness (QED) is 0.301. The Kier molecular flexibility index (Phi) is 6.16. The minimum Gasteiger partial charge on any atom is -0.768 e. The number of rotatable bonds is 2. The maximum Gasteiger partial charge on any atom is 1.00 e. The zero-order valence-corrected chi connectivity index (χ0v) is 12.4. The third-order valence-corrected chi connectivity index (χ3v) is 3.05. The second kappa shape index (κ2) is 6.07. The van der Waals surface area contributed by atoms with Crippen LogP contribution in [0, 0.1) is 17.0 Å². The van der Waals surface area contributed by atoms with Crippen LogP contribution in [0.15, 0.2) is 21.5 Å². The van der Waals surface area contributed by atoms with Crippen LogP contribution < -0.4 is 29.6 Å². The van der Waals surface area contributed by atoms with Crippen molar-refractivity contribution in [1.82, 2.24) is 0 Å². The van der Waals surface area contributed by atoms with E-state index in [4.69, 9.17) is 0 Å². The Morgan fingerprint density at radius 1 is 1.47 bits per heavy atom. The minimum atomic E-state index is -2.45. The number of nitro groups is 1. The van der Waals surface area contributed by atoms with Crippen LogP contribution in [0.5, 0.6) is 0 Å². The summed E-state index contributed by atoms with van der Waals surface area (Å²) in [4.78, 5) is 9.79. The Morgan fingerprint density at radius 2 is 2.00 bits per heavy atom. The molecule has 0 aliphatic carbocycles. The predicted octanol–water partition coefficient (Wildman–Crippen LogP) is -1.09. The van der Waals surface area contributed by atoms with E-state index in [-0.39, 0.29) is 44.6 Å². The van der Waals surface area contributed by atoms with Crippen molar-refractivity contribution in [3.63, 3.8) is 0 Å². The number of halogens is 1. The first-order valence-electron chi connectivity index (χ1n) is 3.47. The SMILES string of the molecule is Cc1cc(Br)c([N+](=O)[O-])cc1S(=O)[O-].[Na+]. The third kappa shape index (κ3) is 3.61. The molecule has 15 heavy (non-hydrogen) atoms. The van der Waals surface area contributed by atoms with Crippen molar-refractivity contribution >= 4 is 32.7 Å². The molecule has 8 heteroatoms. The van der Waals surface area contributed by atoms with Crippen molar-refractivity contribution in [2.45, 2.75) is 11.8 Å². The monoisotopic (exact) mass is 301 g/mol.